The van der Waals surface area contributed by atoms with Crippen molar-refractivity contribution < 1.29 is 28.5 Å². The molecule has 2 aromatic rings. The average molecular weight is 470 g/mol. The van der Waals surface area contributed by atoms with Crippen molar-refractivity contribution in [2.45, 2.75) is 38.8 Å². The normalized spacial score (nSPS) is 12.0. The maximum absolute atomic E-state index is 12.1. The second-order valence-electron chi connectivity index (χ2n) is 7.56. The van der Waals surface area contributed by atoms with E-state index in [0.717, 1.165) is 0 Å². The highest BCUT2D eigenvalue weighted by Gasteiger charge is 2.25. The number of benzene rings is 2. The van der Waals surface area contributed by atoms with Gasteiger partial charge in [0.1, 0.15) is 17.4 Å². The minimum absolute atomic E-state index is 0.145. The molecule has 0 aromatic heterocycles. The summed E-state index contributed by atoms with van der Waals surface area (Å²) in [7, 11) is 2.73. The highest BCUT2D eigenvalue weighted by atomic mass is 35.5. The highest BCUT2D eigenvalue weighted by molar-refractivity contribution is 6.32. The fourth-order valence-corrected chi connectivity index (χ4v) is 3.15. The minimum atomic E-state index is -0.948. The molecule has 0 unspecified atom stereocenters. The number of halogens is 2. The van der Waals surface area contributed by atoms with Crippen molar-refractivity contribution in [1.29, 1.82) is 0 Å². The summed E-state index contributed by atoms with van der Waals surface area (Å²) in [5.74, 6) is 0.562. The molecule has 0 bridgehead atoms. The van der Waals surface area contributed by atoms with E-state index < -0.39 is 23.7 Å². The predicted octanol–water partition coefficient (Wildman–Crippen LogP) is 5.40. The maximum Gasteiger partial charge on any atom is 0.408 e. The Morgan fingerprint density at radius 1 is 1.03 bits per heavy atom. The number of methoxy groups -OCH3 is 2. The molecule has 2 aromatic carbocycles. The van der Waals surface area contributed by atoms with E-state index in [2.05, 4.69) is 5.32 Å². The predicted molar refractivity (Wildman–Crippen MR) is 118 cm³/mol. The van der Waals surface area contributed by atoms with Crippen LogP contribution in [0.2, 0.25) is 10.0 Å². The fraction of sp³-hybridized carbons (Fsp3) is 0.364. The lowest BCUT2D eigenvalue weighted by atomic mass is 10.1. The van der Waals surface area contributed by atoms with E-state index >= 15 is 0 Å². The third-order valence-electron chi connectivity index (χ3n) is 3.97. The molecule has 2 rings (SSSR count). The van der Waals surface area contributed by atoms with Crippen LogP contribution in [-0.2, 0) is 20.7 Å². The average Bonchev–Trinajstić information content (AvgIpc) is 2.67. The van der Waals surface area contributed by atoms with E-state index in [1.54, 1.807) is 57.2 Å². The third-order valence-corrected chi connectivity index (χ3v) is 4.56. The first-order valence-electron chi connectivity index (χ1n) is 9.40. The quantitative estimate of drug-likeness (QED) is 0.546. The number of carbonyl (C=O) groups is 2. The van der Waals surface area contributed by atoms with E-state index in [-0.39, 0.29) is 6.42 Å². The third kappa shape index (κ3) is 7.22. The van der Waals surface area contributed by atoms with Gasteiger partial charge in [0.2, 0.25) is 0 Å². The van der Waals surface area contributed by atoms with Crippen LogP contribution in [0.4, 0.5) is 4.79 Å². The summed E-state index contributed by atoms with van der Waals surface area (Å²) in [5.41, 5.74) is -0.0177. The SMILES string of the molecule is COC(=O)[C@H](Cc1ccc(Oc2cccc(Cl)c2OC)c(Cl)c1)NC(=O)OC(C)(C)C. The Hall–Kier alpha value is -2.64. The Balaban J connectivity index is 2.17. The molecule has 31 heavy (non-hydrogen) atoms. The van der Waals surface area contributed by atoms with Gasteiger partial charge in [0.05, 0.1) is 24.3 Å². The van der Waals surface area contributed by atoms with Crippen molar-refractivity contribution in [3.8, 4) is 17.2 Å². The zero-order valence-electron chi connectivity index (χ0n) is 18.0. The van der Waals surface area contributed by atoms with Crippen molar-refractivity contribution in [3.05, 3.63) is 52.0 Å². The number of ether oxygens (including phenoxy) is 4. The molecule has 0 radical (unpaired) electrons. The van der Waals surface area contributed by atoms with Crippen LogP contribution >= 0.6 is 23.2 Å². The number of hydrogen-bond acceptors (Lipinski definition) is 6. The molecule has 7 nitrogen and oxygen atoms in total. The number of rotatable bonds is 7. The van der Waals surface area contributed by atoms with Gasteiger partial charge in [-0.2, -0.15) is 0 Å². The Bertz CT molecular complexity index is 942. The fourth-order valence-electron chi connectivity index (χ4n) is 2.66. The molecule has 1 amide bonds. The zero-order chi connectivity index (χ0) is 23.2. The number of amides is 1. The topological polar surface area (TPSA) is 83.1 Å². The first-order valence-corrected chi connectivity index (χ1v) is 10.2. The smallest absolute Gasteiger partial charge is 0.408 e. The molecule has 0 aliphatic heterocycles. The number of nitrogens with one attached hydrogen (secondary N) is 1. The van der Waals surface area contributed by atoms with Gasteiger partial charge in [-0.1, -0.05) is 35.3 Å². The lowest BCUT2D eigenvalue weighted by Crippen LogP contribution is -2.45. The van der Waals surface area contributed by atoms with Crippen LogP contribution in [0.3, 0.4) is 0 Å². The highest BCUT2D eigenvalue weighted by Crippen LogP contribution is 2.39. The van der Waals surface area contributed by atoms with Gasteiger partial charge in [-0.05, 0) is 50.6 Å². The lowest BCUT2D eigenvalue weighted by molar-refractivity contribution is -0.143. The Morgan fingerprint density at radius 3 is 2.32 bits per heavy atom. The molecule has 0 spiro atoms. The van der Waals surface area contributed by atoms with Gasteiger partial charge in [0, 0.05) is 6.42 Å². The molecule has 168 valence electrons. The van der Waals surface area contributed by atoms with Crippen LogP contribution in [0.25, 0.3) is 0 Å². The molecule has 9 heteroatoms. The van der Waals surface area contributed by atoms with E-state index in [9.17, 15) is 9.59 Å². The van der Waals surface area contributed by atoms with E-state index in [0.29, 0.717) is 32.9 Å². The van der Waals surface area contributed by atoms with Crippen molar-refractivity contribution in [2.24, 2.45) is 0 Å². The summed E-state index contributed by atoms with van der Waals surface area (Å²) in [6, 6.07) is 9.18. The van der Waals surface area contributed by atoms with E-state index in [1.807, 2.05) is 0 Å². The number of hydrogen-bond donors (Lipinski definition) is 1. The van der Waals surface area contributed by atoms with E-state index in [1.165, 1.54) is 14.2 Å². The number of esters is 1. The van der Waals surface area contributed by atoms with Crippen LogP contribution in [0, 0.1) is 0 Å². The minimum Gasteiger partial charge on any atom is -0.491 e. The molecule has 0 fully saturated rings. The lowest BCUT2D eigenvalue weighted by Gasteiger charge is -2.22. The number of para-hydroxylation sites is 1. The molecular formula is C22H25Cl2NO6. The molecule has 1 N–H and O–H groups in total. The van der Waals surface area contributed by atoms with Gasteiger partial charge in [-0.15, -0.1) is 0 Å². The van der Waals surface area contributed by atoms with Gasteiger partial charge in [0.15, 0.2) is 11.5 Å². The van der Waals surface area contributed by atoms with Crippen LogP contribution in [0.5, 0.6) is 17.2 Å². The van der Waals surface area contributed by atoms with Crippen LogP contribution in [0.1, 0.15) is 26.3 Å². The van der Waals surface area contributed by atoms with Crippen molar-refractivity contribution >= 4 is 35.3 Å². The van der Waals surface area contributed by atoms with Gasteiger partial charge < -0.3 is 24.3 Å². The van der Waals surface area contributed by atoms with Gasteiger partial charge in [-0.25, -0.2) is 9.59 Å². The first-order chi connectivity index (χ1) is 14.5. The summed E-state index contributed by atoms with van der Waals surface area (Å²) in [4.78, 5) is 24.2. The van der Waals surface area contributed by atoms with Crippen LogP contribution < -0.4 is 14.8 Å². The molecule has 0 heterocycles. The zero-order valence-corrected chi connectivity index (χ0v) is 19.5. The molecule has 0 aliphatic rings. The second-order valence-corrected chi connectivity index (χ2v) is 8.38. The summed E-state index contributed by atoms with van der Waals surface area (Å²) in [5, 5.41) is 3.24. The Kier molecular flexibility index (Phi) is 8.42. The Labute approximate surface area is 191 Å². The number of carbonyl (C=O) groups excluding carboxylic acids is 2. The van der Waals surface area contributed by atoms with Crippen LogP contribution in [-0.4, -0.2) is 37.9 Å². The summed E-state index contributed by atoms with van der Waals surface area (Å²) in [6.07, 6.45) is -0.575. The monoisotopic (exact) mass is 469 g/mol. The van der Waals surface area contributed by atoms with Crippen molar-refractivity contribution in [1.82, 2.24) is 5.32 Å². The molecule has 1 atom stereocenters. The molecular weight excluding hydrogens is 445 g/mol. The van der Waals surface area contributed by atoms with Crippen LogP contribution in [0.15, 0.2) is 36.4 Å². The largest absolute Gasteiger partial charge is 0.491 e. The standard InChI is InChI=1S/C22H25Cl2NO6/c1-22(2,3)31-21(27)25-16(20(26)29-5)12-13-9-10-17(15(24)11-13)30-18-8-6-7-14(23)19(18)28-4/h6-11,16H,12H2,1-5H3,(H,25,27)/t16-/m0/s1. The Morgan fingerprint density at radius 2 is 1.74 bits per heavy atom. The van der Waals surface area contributed by atoms with Gasteiger partial charge in [0.25, 0.3) is 0 Å². The first kappa shape index (κ1) is 24.6. The molecule has 0 saturated carbocycles. The molecule has 0 aliphatic carbocycles. The van der Waals surface area contributed by atoms with Gasteiger partial charge in [-0.3, -0.25) is 0 Å². The van der Waals surface area contributed by atoms with Crippen molar-refractivity contribution in [3.63, 3.8) is 0 Å². The van der Waals surface area contributed by atoms with Crippen molar-refractivity contribution in [2.75, 3.05) is 14.2 Å². The summed E-state index contributed by atoms with van der Waals surface area (Å²) >= 11 is 12.5. The maximum atomic E-state index is 12.1. The summed E-state index contributed by atoms with van der Waals surface area (Å²) < 4.78 is 21.1. The summed E-state index contributed by atoms with van der Waals surface area (Å²) in [6.45, 7) is 5.19. The second kappa shape index (κ2) is 10.6. The van der Waals surface area contributed by atoms with Gasteiger partial charge >= 0.3 is 12.1 Å². The molecule has 0 saturated heterocycles. The number of alkyl carbamates (subject to hydrolysis) is 1. The van der Waals surface area contributed by atoms with E-state index in [4.69, 9.17) is 42.1 Å².